The Balaban J connectivity index is 1.96. The van der Waals surface area contributed by atoms with Crippen LogP contribution in [0.15, 0.2) is 23.3 Å². The molecule has 0 amide bonds. The first-order chi connectivity index (χ1) is 6.75. The van der Waals surface area contributed by atoms with Crippen LogP contribution in [0.2, 0.25) is 0 Å². The molecule has 1 saturated heterocycles. The van der Waals surface area contributed by atoms with Gasteiger partial charge in [0.2, 0.25) is 0 Å². The monoisotopic (exact) mass is 194 g/mol. The van der Waals surface area contributed by atoms with Crippen molar-refractivity contribution < 1.29 is 9.47 Å². The maximum atomic E-state index is 5.65. The van der Waals surface area contributed by atoms with E-state index < -0.39 is 0 Å². The summed E-state index contributed by atoms with van der Waals surface area (Å²) in [6, 6.07) is 0. The van der Waals surface area contributed by atoms with Crippen LogP contribution >= 0.6 is 0 Å². The molecule has 0 aromatic carbocycles. The molecule has 0 N–H and O–H groups in total. The van der Waals surface area contributed by atoms with Gasteiger partial charge in [-0.05, 0) is 25.3 Å². The summed E-state index contributed by atoms with van der Waals surface area (Å²) < 4.78 is 11.3. The lowest BCUT2D eigenvalue weighted by Crippen LogP contribution is -2.32. The molecular formula is C12H18O2. The standard InChI is InChI=1S/C12H18O2/c1-9-3-5-11(6-4-9)12-13-7-10(2)8-14-12/h3,5,10,12H,4,6-8H2,1-2H3. The van der Waals surface area contributed by atoms with Crippen molar-refractivity contribution in [2.75, 3.05) is 13.2 Å². The third-order valence-electron chi connectivity index (χ3n) is 2.76. The van der Waals surface area contributed by atoms with Gasteiger partial charge in [-0.15, -0.1) is 0 Å². The summed E-state index contributed by atoms with van der Waals surface area (Å²) in [7, 11) is 0. The fourth-order valence-corrected chi connectivity index (χ4v) is 1.77. The molecule has 2 aliphatic rings. The van der Waals surface area contributed by atoms with Gasteiger partial charge in [-0.25, -0.2) is 0 Å². The van der Waals surface area contributed by atoms with Crippen molar-refractivity contribution in [3.63, 3.8) is 0 Å². The molecule has 2 nitrogen and oxygen atoms in total. The summed E-state index contributed by atoms with van der Waals surface area (Å²) >= 11 is 0. The molecule has 2 heteroatoms. The molecule has 0 aromatic heterocycles. The predicted octanol–water partition coefficient (Wildman–Crippen LogP) is 2.66. The summed E-state index contributed by atoms with van der Waals surface area (Å²) in [6.07, 6.45) is 6.48. The van der Waals surface area contributed by atoms with Gasteiger partial charge < -0.3 is 9.47 Å². The van der Waals surface area contributed by atoms with Crippen LogP contribution < -0.4 is 0 Å². The molecule has 14 heavy (non-hydrogen) atoms. The number of allylic oxidation sites excluding steroid dienone is 3. The van der Waals surface area contributed by atoms with Gasteiger partial charge in [-0.2, -0.15) is 0 Å². The van der Waals surface area contributed by atoms with Crippen molar-refractivity contribution in [1.29, 1.82) is 0 Å². The minimum Gasteiger partial charge on any atom is -0.348 e. The second-order valence-corrected chi connectivity index (χ2v) is 4.36. The van der Waals surface area contributed by atoms with E-state index in [4.69, 9.17) is 9.47 Å². The van der Waals surface area contributed by atoms with Gasteiger partial charge in [0, 0.05) is 5.92 Å². The molecule has 1 fully saturated rings. The fraction of sp³-hybridized carbons (Fsp3) is 0.667. The molecule has 1 aliphatic heterocycles. The van der Waals surface area contributed by atoms with E-state index in [2.05, 4.69) is 26.0 Å². The first kappa shape index (κ1) is 9.94. The minimum absolute atomic E-state index is 0.0736. The summed E-state index contributed by atoms with van der Waals surface area (Å²) in [6.45, 7) is 5.96. The van der Waals surface area contributed by atoms with Crippen molar-refractivity contribution in [2.24, 2.45) is 5.92 Å². The van der Waals surface area contributed by atoms with Gasteiger partial charge in [0.15, 0.2) is 6.29 Å². The largest absolute Gasteiger partial charge is 0.348 e. The Kier molecular flexibility index (Phi) is 3.04. The Labute approximate surface area is 85.6 Å². The summed E-state index contributed by atoms with van der Waals surface area (Å²) in [5, 5.41) is 0. The lowest BCUT2D eigenvalue weighted by atomic mass is 9.99. The topological polar surface area (TPSA) is 18.5 Å². The van der Waals surface area contributed by atoms with Gasteiger partial charge in [-0.3, -0.25) is 0 Å². The fourth-order valence-electron chi connectivity index (χ4n) is 1.77. The van der Waals surface area contributed by atoms with E-state index in [-0.39, 0.29) is 6.29 Å². The van der Waals surface area contributed by atoms with Gasteiger partial charge in [0.05, 0.1) is 13.2 Å². The lowest BCUT2D eigenvalue weighted by molar-refractivity contribution is -0.178. The van der Waals surface area contributed by atoms with Crippen molar-refractivity contribution >= 4 is 0 Å². The summed E-state index contributed by atoms with van der Waals surface area (Å²) in [5.74, 6) is 0.535. The van der Waals surface area contributed by atoms with E-state index in [1.165, 1.54) is 11.1 Å². The molecule has 1 heterocycles. The summed E-state index contributed by atoms with van der Waals surface area (Å²) in [4.78, 5) is 0. The molecule has 2 rings (SSSR count). The van der Waals surface area contributed by atoms with E-state index >= 15 is 0 Å². The molecule has 0 spiro atoms. The highest BCUT2D eigenvalue weighted by Gasteiger charge is 2.23. The van der Waals surface area contributed by atoms with Crippen LogP contribution in [0.5, 0.6) is 0 Å². The maximum absolute atomic E-state index is 5.65. The van der Waals surface area contributed by atoms with E-state index in [0.29, 0.717) is 5.92 Å². The zero-order valence-electron chi connectivity index (χ0n) is 8.95. The van der Waals surface area contributed by atoms with Gasteiger partial charge in [-0.1, -0.05) is 24.6 Å². The van der Waals surface area contributed by atoms with Crippen molar-refractivity contribution in [3.8, 4) is 0 Å². The smallest absolute Gasteiger partial charge is 0.180 e. The normalized spacial score (nSPS) is 33.6. The van der Waals surface area contributed by atoms with Crippen LogP contribution in [-0.2, 0) is 9.47 Å². The van der Waals surface area contributed by atoms with Crippen molar-refractivity contribution in [1.82, 2.24) is 0 Å². The molecule has 0 unspecified atom stereocenters. The highest BCUT2D eigenvalue weighted by Crippen LogP contribution is 2.25. The SMILES string of the molecule is CC1=CC=C(C2OCC(C)CO2)CC1. The molecule has 0 saturated carbocycles. The molecule has 1 aliphatic carbocycles. The zero-order valence-corrected chi connectivity index (χ0v) is 8.95. The highest BCUT2D eigenvalue weighted by atomic mass is 16.7. The Morgan fingerprint density at radius 2 is 1.86 bits per heavy atom. The van der Waals surface area contributed by atoms with Crippen LogP contribution in [0.1, 0.15) is 26.7 Å². The van der Waals surface area contributed by atoms with Crippen molar-refractivity contribution in [2.45, 2.75) is 33.0 Å². The minimum atomic E-state index is -0.0736. The third kappa shape index (κ3) is 2.25. The Morgan fingerprint density at radius 1 is 1.14 bits per heavy atom. The van der Waals surface area contributed by atoms with Gasteiger partial charge in [0.25, 0.3) is 0 Å². The quantitative estimate of drug-likeness (QED) is 0.639. The molecular weight excluding hydrogens is 176 g/mol. The molecule has 78 valence electrons. The molecule has 0 radical (unpaired) electrons. The van der Waals surface area contributed by atoms with Gasteiger partial charge >= 0.3 is 0 Å². The van der Waals surface area contributed by atoms with Crippen LogP contribution in [0.4, 0.5) is 0 Å². The van der Waals surface area contributed by atoms with Gasteiger partial charge in [0.1, 0.15) is 0 Å². The van der Waals surface area contributed by atoms with Crippen LogP contribution in [0.25, 0.3) is 0 Å². The second-order valence-electron chi connectivity index (χ2n) is 4.36. The van der Waals surface area contributed by atoms with E-state index in [1.54, 1.807) is 0 Å². The van der Waals surface area contributed by atoms with Crippen molar-refractivity contribution in [3.05, 3.63) is 23.3 Å². The molecule has 0 bridgehead atoms. The maximum Gasteiger partial charge on any atom is 0.180 e. The van der Waals surface area contributed by atoms with E-state index in [1.807, 2.05) is 0 Å². The number of rotatable bonds is 1. The number of hydrogen-bond acceptors (Lipinski definition) is 2. The highest BCUT2D eigenvalue weighted by molar-refractivity contribution is 5.24. The Hall–Kier alpha value is -0.600. The average Bonchev–Trinajstić information content (AvgIpc) is 2.21. The predicted molar refractivity (Wildman–Crippen MR) is 55.9 cm³/mol. The Bertz CT molecular complexity index is 257. The second kappa shape index (κ2) is 4.28. The first-order valence-corrected chi connectivity index (χ1v) is 5.35. The van der Waals surface area contributed by atoms with Crippen LogP contribution in [0, 0.1) is 5.92 Å². The Morgan fingerprint density at radius 3 is 2.43 bits per heavy atom. The average molecular weight is 194 g/mol. The third-order valence-corrected chi connectivity index (χ3v) is 2.76. The molecule has 0 atom stereocenters. The van der Waals surface area contributed by atoms with Crippen LogP contribution in [-0.4, -0.2) is 19.5 Å². The number of ether oxygens (including phenoxy) is 2. The molecule has 0 aromatic rings. The first-order valence-electron chi connectivity index (χ1n) is 5.35. The van der Waals surface area contributed by atoms with E-state index in [9.17, 15) is 0 Å². The number of hydrogen-bond donors (Lipinski definition) is 0. The zero-order chi connectivity index (χ0) is 9.97. The lowest BCUT2D eigenvalue weighted by Gasteiger charge is -2.30. The summed E-state index contributed by atoms with van der Waals surface area (Å²) in [5.41, 5.74) is 2.74. The van der Waals surface area contributed by atoms with Crippen LogP contribution in [0.3, 0.4) is 0 Å². The van der Waals surface area contributed by atoms with E-state index in [0.717, 1.165) is 26.1 Å².